The van der Waals surface area contributed by atoms with E-state index in [1.54, 1.807) is 0 Å². The highest BCUT2D eigenvalue weighted by atomic mass is 35.5. The Bertz CT molecular complexity index is 581. The molecule has 0 saturated heterocycles. The number of rotatable bonds is 3. The second kappa shape index (κ2) is 5.54. The molecule has 2 N–H and O–H groups in total. The van der Waals surface area contributed by atoms with Gasteiger partial charge in [0.2, 0.25) is 0 Å². The van der Waals surface area contributed by atoms with Crippen molar-refractivity contribution >= 4 is 23.0 Å². The van der Waals surface area contributed by atoms with Crippen LogP contribution in [0.1, 0.15) is 24.1 Å². The molecule has 0 aliphatic rings. The van der Waals surface area contributed by atoms with Crippen molar-refractivity contribution < 1.29 is 0 Å². The summed E-state index contributed by atoms with van der Waals surface area (Å²) < 4.78 is 0. The van der Waals surface area contributed by atoms with Crippen molar-refractivity contribution in [3.63, 3.8) is 0 Å². The van der Waals surface area contributed by atoms with Crippen LogP contribution in [0, 0.1) is 6.92 Å². The molecule has 0 aliphatic heterocycles. The molecular weight excluding hydrogens is 256 g/mol. The van der Waals surface area contributed by atoms with Gasteiger partial charge >= 0.3 is 0 Å². The molecule has 2 nitrogen and oxygen atoms in total. The Morgan fingerprint density at radius 1 is 1.16 bits per heavy atom. The fourth-order valence-electron chi connectivity index (χ4n) is 2.13. The number of hydrogen-bond acceptors (Lipinski definition) is 2. The zero-order valence-corrected chi connectivity index (χ0v) is 12.3. The maximum absolute atomic E-state index is 6.26. The van der Waals surface area contributed by atoms with Gasteiger partial charge in [0.25, 0.3) is 0 Å². The maximum Gasteiger partial charge on any atom is 0.0525 e. The van der Waals surface area contributed by atoms with Crippen LogP contribution in [-0.4, -0.2) is 7.05 Å². The van der Waals surface area contributed by atoms with Gasteiger partial charge in [-0.2, -0.15) is 0 Å². The van der Waals surface area contributed by atoms with E-state index in [0.29, 0.717) is 0 Å². The molecule has 3 heteroatoms. The molecule has 2 rings (SSSR count). The van der Waals surface area contributed by atoms with Crippen molar-refractivity contribution in [3.8, 4) is 0 Å². The average molecular weight is 275 g/mol. The predicted octanol–water partition coefficient (Wildman–Crippen LogP) is 4.43. The van der Waals surface area contributed by atoms with Crippen molar-refractivity contribution in [1.29, 1.82) is 0 Å². The lowest BCUT2D eigenvalue weighted by Gasteiger charge is -2.28. The Balaban J connectivity index is 2.31. The van der Waals surface area contributed by atoms with Crippen molar-refractivity contribution in [2.24, 2.45) is 0 Å². The number of aryl methyl sites for hydroxylation is 1. The van der Waals surface area contributed by atoms with Gasteiger partial charge in [-0.3, -0.25) is 0 Å². The number of halogens is 1. The number of nitrogens with zero attached hydrogens (tertiary/aromatic N) is 1. The zero-order valence-electron chi connectivity index (χ0n) is 11.5. The summed E-state index contributed by atoms with van der Waals surface area (Å²) in [6.07, 6.45) is 0. The minimum absolute atomic E-state index is 0.205. The predicted molar refractivity (Wildman–Crippen MR) is 83.9 cm³/mol. The summed E-state index contributed by atoms with van der Waals surface area (Å²) in [6, 6.07) is 14.2. The Morgan fingerprint density at radius 2 is 1.84 bits per heavy atom. The molecule has 0 aromatic heterocycles. The van der Waals surface area contributed by atoms with Crippen LogP contribution >= 0.6 is 11.6 Å². The lowest BCUT2D eigenvalue weighted by molar-refractivity contribution is 0.740. The van der Waals surface area contributed by atoms with Gasteiger partial charge < -0.3 is 10.6 Å². The van der Waals surface area contributed by atoms with Crippen LogP contribution < -0.4 is 10.6 Å². The van der Waals surface area contributed by atoms with Gasteiger partial charge in [-0.05, 0) is 49.2 Å². The molecule has 1 atom stereocenters. The fourth-order valence-corrected chi connectivity index (χ4v) is 2.42. The second-order valence-electron chi connectivity index (χ2n) is 4.85. The molecular formula is C16H19ClN2. The van der Waals surface area contributed by atoms with Crippen molar-refractivity contribution in [2.75, 3.05) is 17.7 Å². The number of nitrogens with two attached hydrogens (primary N) is 1. The summed E-state index contributed by atoms with van der Waals surface area (Å²) in [7, 11) is 2.07. The molecule has 2 aromatic carbocycles. The number of anilines is 2. The summed E-state index contributed by atoms with van der Waals surface area (Å²) in [5, 5.41) is 0.800. The first kappa shape index (κ1) is 13.8. The topological polar surface area (TPSA) is 29.3 Å². The lowest BCUT2D eigenvalue weighted by Crippen LogP contribution is -2.22. The first-order chi connectivity index (χ1) is 9.00. The third-order valence-electron chi connectivity index (χ3n) is 3.60. The Morgan fingerprint density at radius 3 is 2.47 bits per heavy atom. The minimum atomic E-state index is 0.205. The van der Waals surface area contributed by atoms with E-state index in [2.05, 4.69) is 31.0 Å². The van der Waals surface area contributed by atoms with Gasteiger partial charge in [-0.15, -0.1) is 0 Å². The molecule has 100 valence electrons. The summed E-state index contributed by atoms with van der Waals surface area (Å²) >= 11 is 6.26. The summed E-state index contributed by atoms with van der Waals surface area (Å²) in [6.45, 7) is 4.17. The van der Waals surface area contributed by atoms with E-state index < -0.39 is 0 Å². The van der Waals surface area contributed by atoms with Gasteiger partial charge in [0, 0.05) is 23.4 Å². The van der Waals surface area contributed by atoms with Crippen LogP contribution in [0.2, 0.25) is 5.02 Å². The van der Waals surface area contributed by atoms with E-state index in [4.69, 9.17) is 17.3 Å². The SMILES string of the molecule is Cc1cc(N(C)C(C)c2ccccc2Cl)ccc1N. The maximum atomic E-state index is 6.26. The Hall–Kier alpha value is -1.67. The minimum Gasteiger partial charge on any atom is -0.399 e. The van der Waals surface area contributed by atoms with Crippen molar-refractivity contribution in [3.05, 3.63) is 58.6 Å². The van der Waals surface area contributed by atoms with Crippen LogP contribution in [-0.2, 0) is 0 Å². The largest absolute Gasteiger partial charge is 0.399 e. The Labute approximate surface area is 119 Å². The molecule has 0 fully saturated rings. The van der Waals surface area contributed by atoms with Crippen molar-refractivity contribution in [2.45, 2.75) is 19.9 Å². The van der Waals surface area contributed by atoms with Gasteiger partial charge in [0.1, 0.15) is 0 Å². The molecule has 0 amide bonds. The summed E-state index contributed by atoms with van der Waals surface area (Å²) in [5.41, 5.74) is 10.0. The van der Waals surface area contributed by atoms with E-state index in [1.165, 1.54) is 0 Å². The molecule has 0 spiro atoms. The highest BCUT2D eigenvalue weighted by Crippen LogP contribution is 2.30. The molecule has 19 heavy (non-hydrogen) atoms. The summed E-state index contributed by atoms with van der Waals surface area (Å²) in [5.74, 6) is 0. The highest BCUT2D eigenvalue weighted by molar-refractivity contribution is 6.31. The molecule has 1 unspecified atom stereocenters. The fraction of sp³-hybridized carbons (Fsp3) is 0.250. The van der Waals surface area contributed by atoms with E-state index in [-0.39, 0.29) is 6.04 Å². The monoisotopic (exact) mass is 274 g/mol. The first-order valence-electron chi connectivity index (χ1n) is 6.34. The van der Waals surface area contributed by atoms with Gasteiger partial charge in [0.05, 0.1) is 6.04 Å². The molecule has 0 saturated carbocycles. The number of benzene rings is 2. The number of hydrogen-bond donors (Lipinski definition) is 1. The first-order valence-corrected chi connectivity index (χ1v) is 6.72. The highest BCUT2D eigenvalue weighted by Gasteiger charge is 2.15. The second-order valence-corrected chi connectivity index (χ2v) is 5.26. The number of nitrogen functional groups attached to an aromatic ring is 1. The molecule has 2 aromatic rings. The van der Waals surface area contributed by atoms with Gasteiger partial charge in [-0.1, -0.05) is 29.8 Å². The Kier molecular flexibility index (Phi) is 4.01. The quantitative estimate of drug-likeness (QED) is 0.839. The lowest BCUT2D eigenvalue weighted by atomic mass is 10.1. The van der Waals surface area contributed by atoms with Crippen LogP contribution in [0.25, 0.3) is 0 Å². The average Bonchev–Trinajstić information content (AvgIpc) is 2.41. The van der Waals surface area contributed by atoms with E-state index in [9.17, 15) is 0 Å². The molecule has 0 aliphatic carbocycles. The van der Waals surface area contributed by atoms with Gasteiger partial charge in [0.15, 0.2) is 0 Å². The van der Waals surface area contributed by atoms with E-state index >= 15 is 0 Å². The summed E-state index contributed by atoms with van der Waals surface area (Å²) in [4.78, 5) is 2.20. The van der Waals surface area contributed by atoms with Crippen LogP contribution in [0.3, 0.4) is 0 Å². The standard InChI is InChI=1S/C16H19ClN2/c1-11-10-13(8-9-16(11)18)19(3)12(2)14-6-4-5-7-15(14)17/h4-10,12H,18H2,1-3H3. The van der Waals surface area contributed by atoms with Crippen LogP contribution in [0.5, 0.6) is 0 Å². The van der Waals surface area contributed by atoms with Gasteiger partial charge in [-0.25, -0.2) is 0 Å². The van der Waals surface area contributed by atoms with E-state index in [0.717, 1.165) is 27.5 Å². The van der Waals surface area contributed by atoms with Crippen LogP contribution in [0.4, 0.5) is 11.4 Å². The zero-order chi connectivity index (χ0) is 14.0. The van der Waals surface area contributed by atoms with Crippen molar-refractivity contribution in [1.82, 2.24) is 0 Å². The smallest absolute Gasteiger partial charge is 0.0525 e. The van der Waals surface area contributed by atoms with E-state index in [1.807, 2.05) is 37.3 Å². The van der Waals surface area contributed by atoms with Crippen LogP contribution in [0.15, 0.2) is 42.5 Å². The normalized spacial score (nSPS) is 12.2. The third kappa shape index (κ3) is 2.85. The molecule has 0 bridgehead atoms. The third-order valence-corrected chi connectivity index (χ3v) is 3.94. The molecule has 0 radical (unpaired) electrons. The molecule has 0 heterocycles.